The molecule has 7 heteroatoms. The molecule has 27 heavy (non-hydrogen) atoms. The molecular formula is C20H25N5O2. The zero-order chi connectivity index (χ0) is 19.0. The average molecular weight is 367 g/mol. The summed E-state index contributed by atoms with van der Waals surface area (Å²) in [5.41, 5.74) is 2.14. The van der Waals surface area contributed by atoms with Crippen molar-refractivity contribution in [3.8, 4) is 5.75 Å². The van der Waals surface area contributed by atoms with Crippen LogP contribution < -0.4 is 20.3 Å². The molecule has 2 aliphatic rings. The van der Waals surface area contributed by atoms with Crippen molar-refractivity contribution in [2.45, 2.75) is 51.7 Å². The molecular weight excluding hydrogens is 342 g/mol. The number of anilines is 3. The van der Waals surface area contributed by atoms with Gasteiger partial charge < -0.3 is 20.3 Å². The smallest absolute Gasteiger partial charge is 0.257 e. The van der Waals surface area contributed by atoms with Gasteiger partial charge in [0, 0.05) is 17.8 Å². The third kappa shape index (κ3) is 3.29. The number of nitrogens with zero attached hydrogens (tertiary/aromatic N) is 3. The number of methoxy groups -OCH3 is 1. The first-order valence-corrected chi connectivity index (χ1v) is 9.45. The molecule has 4 rings (SSSR count). The maximum absolute atomic E-state index is 12.3. The first-order chi connectivity index (χ1) is 13.1. The molecule has 2 N–H and O–H groups in total. The summed E-state index contributed by atoms with van der Waals surface area (Å²) in [6.07, 6.45) is 3.48. The lowest BCUT2D eigenvalue weighted by Crippen LogP contribution is -2.45. The van der Waals surface area contributed by atoms with Crippen LogP contribution in [-0.4, -0.2) is 35.1 Å². The van der Waals surface area contributed by atoms with Gasteiger partial charge in [0.1, 0.15) is 17.1 Å². The highest BCUT2D eigenvalue weighted by Gasteiger charge is 2.32. The highest BCUT2D eigenvalue weighted by Crippen LogP contribution is 2.32. The van der Waals surface area contributed by atoms with E-state index in [1.807, 2.05) is 24.3 Å². The predicted octanol–water partition coefficient (Wildman–Crippen LogP) is 3.24. The standard InChI is InChI=1S/C20H25N5O2/c1-12-5-4-6-13(2)25(12)20-23-16-11-21-19(26)17(16)18(24-20)22-14-7-9-15(27-3)10-8-14/h7-10,12-13H,4-6,11H2,1-3H3,(H,21,26)(H,22,23,24). The normalized spacial score (nSPS) is 21.6. The minimum atomic E-state index is -0.132. The maximum atomic E-state index is 12.3. The molecule has 1 fully saturated rings. The van der Waals surface area contributed by atoms with Crippen LogP contribution in [0.1, 0.15) is 49.2 Å². The summed E-state index contributed by atoms with van der Waals surface area (Å²) in [6, 6.07) is 8.33. The van der Waals surface area contributed by atoms with Crippen molar-refractivity contribution in [1.82, 2.24) is 15.3 Å². The van der Waals surface area contributed by atoms with Crippen LogP contribution in [0.4, 0.5) is 17.5 Å². The fourth-order valence-corrected chi connectivity index (χ4v) is 3.95. The number of benzene rings is 1. The largest absolute Gasteiger partial charge is 0.497 e. The Morgan fingerprint density at radius 1 is 1.15 bits per heavy atom. The third-order valence-electron chi connectivity index (χ3n) is 5.39. The number of amides is 1. The lowest BCUT2D eigenvalue weighted by atomic mass is 9.98. The van der Waals surface area contributed by atoms with Crippen molar-refractivity contribution >= 4 is 23.4 Å². The number of nitrogens with one attached hydrogen (secondary N) is 2. The van der Waals surface area contributed by atoms with Crippen molar-refractivity contribution in [2.75, 3.05) is 17.3 Å². The summed E-state index contributed by atoms with van der Waals surface area (Å²) in [7, 11) is 1.64. The molecule has 2 aromatic rings. The highest BCUT2D eigenvalue weighted by molar-refractivity contribution is 6.02. The molecule has 0 radical (unpaired) electrons. The minimum Gasteiger partial charge on any atom is -0.497 e. The topological polar surface area (TPSA) is 79.4 Å². The molecule has 1 amide bonds. The van der Waals surface area contributed by atoms with Gasteiger partial charge in [0.2, 0.25) is 5.95 Å². The van der Waals surface area contributed by atoms with E-state index in [1.165, 1.54) is 6.42 Å². The first-order valence-electron chi connectivity index (χ1n) is 9.45. The number of fused-ring (bicyclic) bond motifs is 1. The number of rotatable bonds is 4. The Balaban J connectivity index is 1.73. The van der Waals surface area contributed by atoms with Crippen LogP contribution in [0.25, 0.3) is 0 Å². The quantitative estimate of drug-likeness (QED) is 0.864. The van der Waals surface area contributed by atoms with E-state index in [4.69, 9.17) is 14.7 Å². The van der Waals surface area contributed by atoms with E-state index in [0.717, 1.165) is 30.0 Å². The van der Waals surface area contributed by atoms with E-state index in [2.05, 4.69) is 29.4 Å². The Morgan fingerprint density at radius 2 is 1.85 bits per heavy atom. The number of piperidine rings is 1. The summed E-state index contributed by atoms with van der Waals surface area (Å²) in [6.45, 7) is 4.87. The fraction of sp³-hybridized carbons (Fsp3) is 0.450. The Morgan fingerprint density at radius 3 is 2.52 bits per heavy atom. The number of ether oxygens (including phenoxy) is 1. The van der Waals surface area contributed by atoms with Crippen LogP contribution in [0.5, 0.6) is 5.75 Å². The van der Waals surface area contributed by atoms with Crippen molar-refractivity contribution in [3.63, 3.8) is 0 Å². The molecule has 2 aliphatic heterocycles. The summed E-state index contributed by atoms with van der Waals surface area (Å²) >= 11 is 0. The van der Waals surface area contributed by atoms with E-state index in [1.54, 1.807) is 7.11 Å². The molecule has 0 saturated carbocycles. The van der Waals surface area contributed by atoms with Crippen LogP contribution in [0.15, 0.2) is 24.3 Å². The number of aromatic nitrogens is 2. The Hall–Kier alpha value is -2.83. The molecule has 1 aromatic carbocycles. The molecule has 7 nitrogen and oxygen atoms in total. The van der Waals surface area contributed by atoms with E-state index in [9.17, 15) is 4.79 Å². The number of carbonyl (C=O) groups excluding carboxylic acids is 1. The van der Waals surface area contributed by atoms with E-state index < -0.39 is 0 Å². The lowest BCUT2D eigenvalue weighted by Gasteiger charge is -2.39. The molecule has 142 valence electrons. The van der Waals surface area contributed by atoms with Crippen LogP contribution in [-0.2, 0) is 6.54 Å². The van der Waals surface area contributed by atoms with Crippen molar-refractivity contribution < 1.29 is 9.53 Å². The molecule has 0 spiro atoms. The van der Waals surface area contributed by atoms with Gasteiger partial charge in [0.15, 0.2) is 0 Å². The van der Waals surface area contributed by atoms with Gasteiger partial charge >= 0.3 is 0 Å². The summed E-state index contributed by atoms with van der Waals surface area (Å²) in [5.74, 6) is 1.90. The van der Waals surface area contributed by atoms with Gasteiger partial charge in [-0.2, -0.15) is 4.98 Å². The Bertz CT molecular complexity index is 842. The highest BCUT2D eigenvalue weighted by atomic mass is 16.5. The SMILES string of the molecule is COc1ccc(Nc2nc(N3C(C)CCCC3C)nc3c2C(=O)NC3)cc1. The van der Waals surface area contributed by atoms with Crippen LogP contribution >= 0.6 is 0 Å². The zero-order valence-electron chi connectivity index (χ0n) is 16.0. The Labute approximate surface area is 159 Å². The lowest BCUT2D eigenvalue weighted by molar-refractivity contribution is 0.0966. The number of hydrogen-bond acceptors (Lipinski definition) is 6. The molecule has 0 bridgehead atoms. The van der Waals surface area contributed by atoms with Gasteiger partial charge in [0.05, 0.1) is 19.3 Å². The maximum Gasteiger partial charge on any atom is 0.257 e. The van der Waals surface area contributed by atoms with E-state index >= 15 is 0 Å². The Kier molecular flexibility index (Phi) is 4.59. The second-order valence-electron chi connectivity index (χ2n) is 7.27. The van der Waals surface area contributed by atoms with Crippen LogP contribution in [0.3, 0.4) is 0 Å². The average Bonchev–Trinajstić information content (AvgIpc) is 3.03. The van der Waals surface area contributed by atoms with Crippen LogP contribution in [0.2, 0.25) is 0 Å². The molecule has 1 saturated heterocycles. The third-order valence-corrected chi connectivity index (χ3v) is 5.39. The van der Waals surface area contributed by atoms with E-state index in [-0.39, 0.29) is 5.91 Å². The van der Waals surface area contributed by atoms with Gasteiger partial charge in [-0.05, 0) is 57.4 Å². The van der Waals surface area contributed by atoms with Gasteiger partial charge in [-0.1, -0.05) is 0 Å². The molecule has 1 aromatic heterocycles. The summed E-state index contributed by atoms with van der Waals surface area (Å²) in [4.78, 5) is 24.1. The minimum absolute atomic E-state index is 0.132. The monoisotopic (exact) mass is 367 g/mol. The van der Waals surface area contributed by atoms with Crippen molar-refractivity contribution in [2.24, 2.45) is 0 Å². The van der Waals surface area contributed by atoms with Crippen molar-refractivity contribution in [1.29, 1.82) is 0 Å². The summed E-state index contributed by atoms with van der Waals surface area (Å²) < 4.78 is 5.21. The second-order valence-corrected chi connectivity index (χ2v) is 7.27. The molecule has 0 aliphatic carbocycles. The van der Waals surface area contributed by atoms with Crippen molar-refractivity contribution in [3.05, 3.63) is 35.5 Å². The first kappa shape index (κ1) is 17.6. The molecule has 2 unspecified atom stereocenters. The predicted molar refractivity (Wildman–Crippen MR) is 105 cm³/mol. The van der Waals surface area contributed by atoms with Gasteiger partial charge in [0.25, 0.3) is 5.91 Å². The van der Waals surface area contributed by atoms with Gasteiger partial charge in [-0.25, -0.2) is 4.98 Å². The fourth-order valence-electron chi connectivity index (χ4n) is 3.95. The molecule has 3 heterocycles. The van der Waals surface area contributed by atoms with Gasteiger partial charge in [-0.15, -0.1) is 0 Å². The molecule has 2 atom stereocenters. The number of hydrogen-bond donors (Lipinski definition) is 2. The van der Waals surface area contributed by atoms with Crippen LogP contribution in [0, 0.1) is 0 Å². The van der Waals surface area contributed by atoms with E-state index in [0.29, 0.717) is 36.0 Å². The zero-order valence-corrected chi connectivity index (χ0v) is 16.0. The second kappa shape index (κ2) is 7.06. The summed E-state index contributed by atoms with van der Waals surface area (Å²) in [5, 5.41) is 6.16. The number of carbonyl (C=O) groups is 1. The van der Waals surface area contributed by atoms with Gasteiger partial charge in [-0.3, -0.25) is 4.79 Å².